The molecule has 8 heteroatoms. The Balaban J connectivity index is 5.07. The summed E-state index contributed by atoms with van der Waals surface area (Å²) in [5.41, 5.74) is -1.31. The van der Waals surface area contributed by atoms with Crippen molar-refractivity contribution >= 4 is 17.9 Å². The highest BCUT2D eigenvalue weighted by Crippen LogP contribution is 2.21. The summed E-state index contributed by atoms with van der Waals surface area (Å²) >= 11 is 0. The number of hydrogen-bond acceptors (Lipinski definition) is 8. The van der Waals surface area contributed by atoms with Crippen LogP contribution in [0.3, 0.4) is 0 Å². The van der Waals surface area contributed by atoms with E-state index in [1.54, 1.807) is 0 Å². The Hall–Kier alpha value is -2.77. The molecule has 0 spiro atoms. The van der Waals surface area contributed by atoms with E-state index in [9.17, 15) is 19.3 Å². The van der Waals surface area contributed by atoms with Gasteiger partial charge in [0.1, 0.15) is 19.8 Å². The molecule has 0 heterocycles. The summed E-state index contributed by atoms with van der Waals surface area (Å²) in [4.78, 5) is 44.1. The van der Waals surface area contributed by atoms with Gasteiger partial charge in [-0.25, -0.2) is 14.4 Å². The molecule has 8 nitrogen and oxygen atoms in total. The van der Waals surface area contributed by atoms with Crippen LogP contribution in [0.15, 0.2) is 43.1 Å². The second-order valence-corrected chi connectivity index (χ2v) is 4.22. The van der Waals surface area contributed by atoms with Crippen molar-refractivity contribution in [2.24, 2.45) is 10.6 Å². The number of hydrogen-bond donors (Lipinski definition) is 0. The van der Waals surface area contributed by atoms with Crippen LogP contribution in [-0.4, -0.2) is 44.3 Å². The third-order valence-corrected chi connectivity index (χ3v) is 2.46. The predicted octanol–water partition coefficient (Wildman–Crippen LogP) is 0.927. The van der Waals surface area contributed by atoms with Crippen molar-refractivity contribution in [2.75, 3.05) is 26.4 Å². The van der Waals surface area contributed by atoms with Crippen molar-refractivity contribution in [1.82, 2.24) is 0 Å². The van der Waals surface area contributed by atoms with E-state index in [2.05, 4.69) is 24.9 Å². The van der Waals surface area contributed by atoms with Crippen LogP contribution in [0.5, 0.6) is 0 Å². The fourth-order valence-corrected chi connectivity index (χ4v) is 1.25. The van der Waals surface area contributed by atoms with Gasteiger partial charge in [-0.2, -0.15) is 4.91 Å². The maximum absolute atomic E-state index is 11.2. The Morgan fingerprint density at radius 1 is 0.818 bits per heavy atom. The number of nitrogens with zero attached hydrogens (tertiary/aromatic N) is 1. The van der Waals surface area contributed by atoms with Crippen molar-refractivity contribution in [3.8, 4) is 0 Å². The zero-order valence-corrected chi connectivity index (χ0v) is 12.0. The Labute approximate surface area is 127 Å². The van der Waals surface area contributed by atoms with Gasteiger partial charge in [-0.3, -0.25) is 0 Å². The van der Waals surface area contributed by atoms with Crippen LogP contribution < -0.4 is 0 Å². The first-order valence-electron chi connectivity index (χ1n) is 6.09. The molecular weight excluding hydrogens is 294 g/mol. The molecule has 0 aromatic heterocycles. The molecule has 0 saturated carbocycles. The van der Waals surface area contributed by atoms with Gasteiger partial charge in [0.05, 0.1) is 12.0 Å². The maximum atomic E-state index is 11.2. The van der Waals surface area contributed by atoms with E-state index in [0.717, 1.165) is 18.2 Å². The molecule has 22 heavy (non-hydrogen) atoms. The first kappa shape index (κ1) is 19.2. The fourth-order valence-electron chi connectivity index (χ4n) is 1.25. The molecule has 0 rings (SSSR count). The Bertz CT molecular complexity index is 410. The van der Waals surface area contributed by atoms with Gasteiger partial charge >= 0.3 is 17.9 Å². The molecular formula is C14H17NO7. The number of carbonyl (C=O) groups is 3. The van der Waals surface area contributed by atoms with Crippen molar-refractivity contribution in [3.05, 3.63) is 42.9 Å². The van der Waals surface area contributed by atoms with Crippen LogP contribution in [0.2, 0.25) is 0 Å². The smallest absolute Gasteiger partial charge is 0.330 e. The van der Waals surface area contributed by atoms with Gasteiger partial charge in [0.15, 0.2) is 0 Å². The average Bonchev–Trinajstić information content (AvgIpc) is 2.54. The number of rotatable bonds is 11. The lowest BCUT2D eigenvalue weighted by atomic mass is 9.91. The summed E-state index contributed by atoms with van der Waals surface area (Å²) < 4.78 is 14.6. The quantitative estimate of drug-likeness (QED) is 0.242. The van der Waals surface area contributed by atoms with Gasteiger partial charge < -0.3 is 14.2 Å². The lowest BCUT2D eigenvalue weighted by Gasteiger charge is -2.29. The van der Waals surface area contributed by atoms with Gasteiger partial charge in [-0.05, 0) is 0 Å². The number of ether oxygens (including phenoxy) is 3. The van der Waals surface area contributed by atoms with Crippen LogP contribution >= 0.6 is 0 Å². The molecule has 0 fully saturated rings. The maximum Gasteiger partial charge on any atom is 0.330 e. The number of esters is 3. The Kier molecular flexibility index (Phi) is 8.77. The van der Waals surface area contributed by atoms with Gasteiger partial charge in [0, 0.05) is 18.2 Å². The van der Waals surface area contributed by atoms with Crippen LogP contribution in [0.1, 0.15) is 0 Å². The normalized spacial score (nSPS) is 10.0. The summed E-state index contributed by atoms with van der Waals surface area (Å²) in [6, 6.07) is 0. The molecule has 0 atom stereocenters. The molecule has 0 aliphatic carbocycles. The van der Waals surface area contributed by atoms with Crippen LogP contribution in [-0.2, 0) is 28.6 Å². The first-order chi connectivity index (χ1) is 10.4. The lowest BCUT2D eigenvalue weighted by Crippen LogP contribution is -2.41. The highest BCUT2D eigenvalue weighted by molar-refractivity contribution is 5.82. The minimum Gasteiger partial charge on any atom is -0.462 e. The van der Waals surface area contributed by atoms with Gasteiger partial charge in [0.2, 0.25) is 0 Å². The molecule has 0 unspecified atom stereocenters. The largest absolute Gasteiger partial charge is 0.462 e. The van der Waals surface area contributed by atoms with E-state index >= 15 is 0 Å². The predicted molar refractivity (Wildman–Crippen MR) is 76.6 cm³/mol. The van der Waals surface area contributed by atoms with Crippen LogP contribution in [0, 0.1) is 10.3 Å². The van der Waals surface area contributed by atoms with Gasteiger partial charge in [0.25, 0.3) is 0 Å². The molecule has 0 saturated heterocycles. The fraction of sp³-hybridized carbons (Fsp3) is 0.357. The van der Waals surface area contributed by atoms with Crippen molar-refractivity contribution in [1.29, 1.82) is 0 Å². The third-order valence-electron chi connectivity index (χ3n) is 2.46. The topological polar surface area (TPSA) is 108 Å². The minimum atomic E-state index is -1.31. The zero-order valence-electron chi connectivity index (χ0n) is 12.0. The third kappa shape index (κ3) is 7.13. The molecule has 0 bridgehead atoms. The Morgan fingerprint density at radius 2 is 1.14 bits per heavy atom. The van der Waals surface area contributed by atoms with Crippen molar-refractivity contribution in [3.63, 3.8) is 0 Å². The second kappa shape index (κ2) is 10.0. The molecule has 120 valence electrons. The lowest BCUT2D eigenvalue weighted by molar-refractivity contribution is -0.154. The van der Waals surface area contributed by atoms with Gasteiger partial charge in [-0.1, -0.05) is 24.9 Å². The highest BCUT2D eigenvalue weighted by Gasteiger charge is 2.36. The molecule has 0 amide bonds. The Morgan fingerprint density at radius 3 is 1.36 bits per heavy atom. The summed E-state index contributed by atoms with van der Waals surface area (Å²) in [6.45, 7) is 8.18. The van der Waals surface area contributed by atoms with E-state index in [1.165, 1.54) is 0 Å². The molecule has 0 aliphatic rings. The summed E-state index contributed by atoms with van der Waals surface area (Å²) in [5, 5.41) is 2.72. The SMILES string of the molecule is C=CC(=O)OCC(CN=O)(COC(=O)C=C)COC(=O)C=C. The van der Waals surface area contributed by atoms with Crippen molar-refractivity contribution in [2.45, 2.75) is 0 Å². The number of carbonyl (C=O) groups excluding carboxylic acids is 3. The van der Waals surface area contributed by atoms with Crippen LogP contribution in [0.25, 0.3) is 0 Å². The number of nitroso groups, excluding NO2 is 1. The second-order valence-electron chi connectivity index (χ2n) is 4.22. The minimum absolute atomic E-state index is 0.363. The van der Waals surface area contributed by atoms with E-state index < -0.39 is 29.9 Å². The molecule has 0 radical (unpaired) electrons. The first-order valence-corrected chi connectivity index (χ1v) is 6.09. The van der Waals surface area contributed by atoms with E-state index in [0.29, 0.717) is 0 Å². The van der Waals surface area contributed by atoms with Crippen molar-refractivity contribution < 1.29 is 28.6 Å². The average molecular weight is 311 g/mol. The summed E-state index contributed by atoms with van der Waals surface area (Å²) in [6.07, 6.45) is 2.76. The molecule has 0 aliphatic heterocycles. The van der Waals surface area contributed by atoms with E-state index in [4.69, 9.17) is 14.2 Å². The monoisotopic (exact) mass is 311 g/mol. The van der Waals surface area contributed by atoms with Gasteiger partial charge in [-0.15, -0.1) is 0 Å². The molecule has 0 N–H and O–H groups in total. The summed E-state index contributed by atoms with van der Waals surface area (Å²) in [7, 11) is 0. The molecule has 0 aromatic carbocycles. The molecule has 0 aromatic rings. The highest BCUT2D eigenvalue weighted by atomic mass is 16.6. The zero-order chi connectivity index (χ0) is 17.0. The summed E-state index contributed by atoms with van der Waals surface area (Å²) in [5.74, 6) is -2.25. The van der Waals surface area contributed by atoms with E-state index in [1.807, 2.05) is 0 Å². The van der Waals surface area contributed by atoms with Crippen LogP contribution in [0.4, 0.5) is 0 Å². The standard InChI is InChI=1S/C14H17NO7/c1-4-11(16)20-8-14(7-15-19,9-21-12(17)5-2)10-22-13(18)6-3/h4-6H,1-3,7-10H2. The van der Waals surface area contributed by atoms with E-state index in [-0.39, 0.29) is 19.8 Å².